The first-order valence-corrected chi connectivity index (χ1v) is 8.63. The first kappa shape index (κ1) is 15.9. The van der Waals surface area contributed by atoms with Gasteiger partial charge in [-0.25, -0.2) is 4.98 Å². The van der Waals surface area contributed by atoms with Gasteiger partial charge in [-0.15, -0.1) is 5.10 Å². The average Bonchev–Trinajstić information content (AvgIpc) is 3.31. The molecular formula is C16H20N4O2S. The number of hydrogen-bond donors (Lipinski definition) is 2. The van der Waals surface area contributed by atoms with Crippen LogP contribution in [-0.2, 0) is 4.79 Å². The fourth-order valence-electron chi connectivity index (χ4n) is 2.38. The molecule has 1 aromatic carbocycles. The predicted molar refractivity (Wildman–Crippen MR) is 88.6 cm³/mol. The van der Waals surface area contributed by atoms with E-state index in [0.717, 1.165) is 17.1 Å². The van der Waals surface area contributed by atoms with Gasteiger partial charge < -0.3 is 10.1 Å². The Labute approximate surface area is 139 Å². The lowest BCUT2D eigenvalue weighted by molar-refractivity contribution is -0.119. The maximum atomic E-state index is 12.1. The second-order valence-corrected chi connectivity index (χ2v) is 6.54. The predicted octanol–water partition coefficient (Wildman–Crippen LogP) is 2.66. The second kappa shape index (κ2) is 7.04. The number of H-pyrrole nitrogens is 1. The summed E-state index contributed by atoms with van der Waals surface area (Å²) in [6.07, 6.45) is 2.35. The Hall–Kier alpha value is -2.02. The molecule has 122 valence electrons. The van der Waals surface area contributed by atoms with Crippen LogP contribution in [0, 0.1) is 0 Å². The van der Waals surface area contributed by atoms with Crippen molar-refractivity contribution in [2.75, 3.05) is 12.9 Å². The lowest BCUT2D eigenvalue weighted by atomic mass is 10.1. The highest BCUT2D eigenvalue weighted by Crippen LogP contribution is 2.38. The summed E-state index contributed by atoms with van der Waals surface area (Å²) >= 11 is 1.34. The fourth-order valence-corrected chi connectivity index (χ4v) is 2.99. The van der Waals surface area contributed by atoms with Gasteiger partial charge in [0.2, 0.25) is 11.1 Å². The molecule has 23 heavy (non-hydrogen) atoms. The Morgan fingerprint density at radius 1 is 1.48 bits per heavy atom. The molecule has 2 aromatic rings. The quantitative estimate of drug-likeness (QED) is 0.762. The molecule has 7 heteroatoms. The van der Waals surface area contributed by atoms with Crippen LogP contribution in [0.2, 0.25) is 0 Å². The van der Waals surface area contributed by atoms with E-state index in [1.165, 1.54) is 24.6 Å². The molecule has 6 nitrogen and oxygen atoms in total. The second-order valence-electron chi connectivity index (χ2n) is 5.60. The van der Waals surface area contributed by atoms with Gasteiger partial charge in [-0.3, -0.25) is 9.89 Å². The van der Waals surface area contributed by atoms with Crippen molar-refractivity contribution in [2.24, 2.45) is 0 Å². The molecular weight excluding hydrogens is 312 g/mol. The molecule has 1 fully saturated rings. The number of benzene rings is 1. The van der Waals surface area contributed by atoms with Crippen LogP contribution in [0.15, 0.2) is 29.4 Å². The number of ether oxygens (including phenoxy) is 1. The summed E-state index contributed by atoms with van der Waals surface area (Å²) in [6.45, 7) is 1.94. The largest absolute Gasteiger partial charge is 0.496 e. The number of nitrogens with one attached hydrogen (secondary N) is 2. The summed E-state index contributed by atoms with van der Waals surface area (Å²) in [7, 11) is 1.63. The minimum atomic E-state index is -0.117. The van der Waals surface area contributed by atoms with Crippen LogP contribution in [0.5, 0.6) is 5.75 Å². The molecule has 0 spiro atoms. The van der Waals surface area contributed by atoms with Crippen molar-refractivity contribution in [1.82, 2.24) is 20.5 Å². The molecule has 0 bridgehead atoms. The Morgan fingerprint density at radius 2 is 2.26 bits per heavy atom. The number of methoxy groups -OCH3 is 1. The van der Waals surface area contributed by atoms with E-state index in [-0.39, 0.29) is 11.9 Å². The van der Waals surface area contributed by atoms with Gasteiger partial charge >= 0.3 is 0 Å². The zero-order valence-electron chi connectivity index (χ0n) is 13.2. The minimum Gasteiger partial charge on any atom is -0.496 e. The Morgan fingerprint density at radius 3 is 3.00 bits per heavy atom. The molecule has 1 unspecified atom stereocenters. The zero-order valence-corrected chi connectivity index (χ0v) is 14.0. The maximum absolute atomic E-state index is 12.1. The highest BCUT2D eigenvalue weighted by atomic mass is 32.2. The Kier molecular flexibility index (Phi) is 4.85. The molecule has 1 aromatic heterocycles. The van der Waals surface area contributed by atoms with Gasteiger partial charge in [0.25, 0.3) is 0 Å². The third-order valence-corrected chi connectivity index (χ3v) is 4.61. The van der Waals surface area contributed by atoms with Gasteiger partial charge in [0.05, 0.1) is 18.9 Å². The van der Waals surface area contributed by atoms with E-state index in [1.807, 2.05) is 31.2 Å². The summed E-state index contributed by atoms with van der Waals surface area (Å²) in [5.41, 5.74) is 0.960. The lowest BCUT2D eigenvalue weighted by Gasteiger charge is -2.16. The number of nitrogens with zero attached hydrogens (tertiary/aromatic N) is 2. The topological polar surface area (TPSA) is 79.9 Å². The number of aromatic nitrogens is 3. The smallest absolute Gasteiger partial charge is 0.230 e. The SMILES string of the molecule is COc1ccccc1C(C)NC(=O)CSc1n[nH]c(C2CC2)n1. The molecule has 1 saturated carbocycles. The summed E-state index contributed by atoms with van der Waals surface area (Å²) in [5.74, 6) is 2.50. The van der Waals surface area contributed by atoms with E-state index in [2.05, 4.69) is 20.5 Å². The van der Waals surface area contributed by atoms with Crippen molar-refractivity contribution in [3.63, 3.8) is 0 Å². The van der Waals surface area contributed by atoms with Crippen LogP contribution in [0.1, 0.15) is 43.1 Å². The van der Waals surface area contributed by atoms with Gasteiger partial charge in [-0.1, -0.05) is 30.0 Å². The molecule has 1 aliphatic rings. The number of thioether (sulfide) groups is 1. The van der Waals surface area contributed by atoms with Crippen molar-refractivity contribution < 1.29 is 9.53 Å². The number of para-hydroxylation sites is 1. The van der Waals surface area contributed by atoms with Gasteiger partial charge in [0.1, 0.15) is 11.6 Å². The Balaban J connectivity index is 1.51. The average molecular weight is 332 g/mol. The van der Waals surface area contributed by atoms with E-state index < -0.39 is 0 Å². The lowest BCUT2D eigenvalue weighted by Crippen LogP contribution is -2.28. The molecule has 2 N–H and O–H groups in total. The Bertz CT molecular complexity index is 684. The maximum Gasteiger partial charge on any atom is 0.230 e. The third kappa shape index (κ3) is 4.04. The van der Waals surface area contributed by atoms with Crippen LogP contribution < -0.4 is 10.1 Å². The number of rotatable bonds is 7. The van der Waals surface area contributed by atoms with Crippen molar-refractivity contribution >= 4 is 17.7 Å². The fraction of sp³-hybridized carbons (Fsp3) is 0.438. The number of amides is 1. The minimum absolute atomic E-state index is 0.0498. The van der Waals surface area contributed by atoms with Gasteiger partial charge in [0.15, 0.2) is 0 Å². The number of aromatic amines is 1. The highest BCUT2D eigenvalue weighted by molar-refractivity contribution is 7.99. The summed E-state index contributed by atoms with van der Waals surface area (Å²) in [4.78, 5) is 16.5. The number of carbonyl (C=O) groups excluding carboxylic acids is 1. The molecule has 0 saturated heterocycles. The summed E-state index contributed by atoms with van der Waals surface area (Å²) in [6, 6.07) is 7.57. The van der Waals surface area contributed by atoms with E-state index in [9.17, 15) is 4.79 Å². The summed E-state index contributed by atoms with van der Waals surface area (Å²) in [5, 5.41) is 10.7. The number of carbonyl (C=O) groups is 1. The van der Waals surface area contributed by atoms with E-state index in [0.29, 0.717) is 16.8 Å². The third-order valence-electron chi connectivity index (χ3n) is 3.76. The van der Waals surface area contributed by atoms with Crippen molar-refractivity contribution in [3.05, 3.63) is 35.7 Å². The molecule has 1 amide bonds. The van der Waals surface area contributed by atoms with E-state index >= 15 is 0 Å². The van der Waals surface area contributed by atoms with Crippen molar-refractivity contribution in [3.8, 4) is 5.75 Å². The molecule has 0 radical (unpaired) electrons. The van der Waals surface area contributed by atoms with Crippen LogP contribution >= 0.6 is 11.8 Å². The molecule has 0 aliphatic heterocycles. The normalized spacial score (nSPS) is 15.2. The van der Waals surface area contributed by atoms with Gasteiger partial charge in [0, 0.05) is 11.5 Å². The van der Waals surface area contributed by atoms with Gasteiger partial charge in [-0.05, 0) is 25.8 Å². The first-order chi connectivity index (χ1) is 11.2. The monoisotopic (exact) mass is 332 g/mol. The van der Waals surface area contributed by atoms with Crippen LogP contribution in [0.25, 0.3) is 0 Å². The highest BCUT2D eigenvalue weighted by Gasteiger charge is 2.27. The van der Waals surface area contributed by atoms with Crippen molar-refractivity contribution in [1.29, 1.82) is 0 Å². The van der Waals surface area contributed by atoms with Crippen molar-refractivity contribution in [2.45, 2.75) is 36.9 Å². The van der Waals surface area contributed by atoms with Crippen LogP contribution in [0.4, 0.5) is 0 Å². The molecule has 1 heterocycles. The van der Waals surface area contributed by atoms with Crippen LogP contribution in [0.3, 0.4) is 0 Å². The standard InChI is InChI=1S/C16H20N4O2S/c1-10(12-5-3-4-6-13(12)22-2)17-14(21)9-23-16-18-15(19-20-16)11-7-8-11/h3-6,10-11H,7-9H2,1-2H3,(H,17,21)(H,18,19,20). The molecule has 1 atom stereocenters. The van der Waals surface area contributed by atoms with E-state index in [1.54, 1.807) is 7.11 Å². The summed E-state index contributed by atoms with van der Waals surface area (Å²) < 4.78 is 5.33. The van der Waals surface area contributed by atoms with Gasteiger partial charge in [-0.2, -0.15) is 0 Å². The number of hydrogen-bond acceptors (Lipinski definition) is 5. The molecule has 1 aliphatic carbocycles. The van der Waals surface area contributed by atoms with E-state index in [4.69, 9.17) is 4.74 Å². The zero-order chi connectivity index (χ0) is 16.2. The molecule has 3 rings (SSSR count). The first-order valence-electron chi connectivity index (χ1n) is 7.64. The van der Waals surface area contributed by atoms with Crippen LogP contribution in [-0.4, -0.2) is 34.0 Å².